The van der Waals surface area contributed by atoms with Gasteiger partial charge in [0.15, 0.2) is 0 Å². The lowest BCUT2D eigenvalue weighted by atomic mass is 10.0. The maximum absolute atomic E-state index is 13.2. The molecule has 0 bridgehead atoms. The summed E-state index contributed by atoms with van der Waals surface area (Å²) in [6, 6.07) is 9.32. The third-order valence-electron chi connectivity index (χ3n) is 5.69. The number of piperazine rings is 1. The van der Waals surface area contributed by atoms with Gasteiger partial charge in [-0.3, -0.25) is 13.8 Å². The van der Waals surface area contributed by atoms with Crippen LogP contribution < -0.4 is 4.90 Å². The number of ketones is 1. The first-order chi connectivity index (χ1) is 15.4. The van der Waals surface area contributed by atoms with Crippen LogP contribution in [0.25, 0.3) is 0 Å². The van der Waals surface area contributed by atoms with E-state index in [1.807, 2.05) is 26.0 Å². The van der Waals surface area contributed by atoms with Crippen molar-refractivity contribution in [2.45, 2.75) is 43.7 Å². The highest BCUT2D eigenvalue weighted by molar-refractivity contribution is 7.86. The molecule has 1 aliphatic heterocycles. The van der Waals surface area contributed by atoms with Crippen LogP contribution in [0.3, 0.4) is 0 Å². The van der Waals surface area contributed by atoms with E-state index < -0.39 is 28.3 Å². The van der Waals surface area contributed by atoms with E-state index in [9.17, 15) is 22.6 Å². The fourth-order valence-electron chi connectivity index (χ4n) is 3.62. The molecule has 2 aromatic rings. The summed E-state index contributed by atoms with van der Waals surface area (Å²) in [7, 11) is -2.05. The molecule has 33 heavy (non-hydrogen) atoms. The molecule has 3 atom stereocenters. The van der Waals surface area contributed by atoms with E-state index in [1.165, 1.54) is 18.2 Å². The van der Waals surface area contributed by atoms with Crippen molar-refractivity contribution in [3.05, 3.63) is 52.1 Å². The molecule has 1 fully saturated rings. The number of carbonyl (C=O) groups is 2. The van der Waals surface area contributed by atoms with E-state index in [1.54, 1.807) is 11.0 Å². The Bertz CT molecular complexity index is 1100. The summed E-state index contributed by atoms with van der Waals surface area (Å²) in [5, 5.41) is 0.371. The monoisotopic (exact) mass is 517 g/mol. The maximum Gasteiger partial charge on any atom is 0.303 e. The van der Waals surface area contributed by atoms with Crippen LogP contribution in [0.2, 0.25) is 10.2 Å². The lowest BCUT2D eigenvalue weighted by Gasteiger charge is -2.45. The van der Waals surface area contributed by atoms with Crippen molar-refractivity contribution in [3.8, 4) is 0 Å². The van der Waals surface area contributed by atoms with Crippen LogP contribution in [0.15, 0.2) is 41.3 Å². The molecule has 0 saturated carbocycles. The summed E-state index contributed by atoms with van der Waals surface area (Å²) in [4.78, 5) is 32.9. The van der Waals surface area contributed by atoms with Crippen molar-refractivity contribution < 1.29 is 22.6 Å². The van der Waals surface area contributed by atoms with Crippen molar-refractivity contribution in [3.63, 3.8) is 0 Å². The standard InChI is InChI=1S/C22H23Cl2F2N3O3S/c1-13-14(2)29(10-9-28(13)20-6-4-5-19(24)27-20)21(31)15-7-8-17(16(23)11-15)33(32)12-18(30)22(3,25)26/h4-8,11,13-14H,9-10,12H2,1-3H3. The minimum absolute atomic E-state index is 0.0196. The van der Waals surface area contributed by atoms with Crippen molar-refractivity contribution >= 4 is 51.5 Å². The van der Waals surface area contributed by atoms with E-state index >= 15 is 0 Å². The number of nitrogens with zero attached hydrogens (tertiary/aromatic N) is 3. The second kappa shape index (κ2) is 10.0. The maximum atomic E-state index is 13.2. The number of rotatable bonds is 6. The van der Waals surface area contributed by atoms with Crippen LogP contribution >= 0.6 is 23.2 Å². The normalized spacial score (nSPS) is 20.0. The molecule has 0 spiro atoms. The van der Waals surface area contributed by atoms with E-state index in [4.69, 9.17) is 23.2 Å². The zero-order valence-corrected chi connectivity index (χ0v) is 20.6. The Hall–Kier alpha value is -2.10. The highest BCUT2D eigenvalue weighted by Gasteiger charge is 2.35. The third-order valence-corrected chi connectivity index (χ3v) is 7.70. The number of hydrogen-bond acceptors (Lipinski definition) is 5. The van der Waals surface area contributed by atoms with Crippen LogP contribution in [-0.4, -0.2) is 62.6 Å². The average Bonchev–Trinajstić information content (AvgIpc) is 2.74. The number of carbonyl (C=O) groups excluding carboxylic acids is 2. The summed E-state index contributed by atoms with van der Waals surface area (Å²) in [5.41, 5.74) is 0.279. The molecule has 1 saturated heterocycles. The van der Waals surface area contributed by atoms with E-state index in [0.717, 1.165) is 5.82 Å². The van der Waals surface area contributed by atoms with Gasteiger partial charge in [-0.05, 0) is 44.2 Å². The Morgan fingerprint density at radius 2 is 1.85 bits per heavy atom. The van der Waals surface area contributed by atoms with Gasteiger partial charge < -0.3 is 9.80 Å². The van der Waals surface area contributed by atoms with Crippen LogP contribution in [0.5, 0.6) is 0 Å². The molecule has 2 heterocycles. The van der Waals surface area contributed by atoms with Gasteiger partial charge in [-0.1, -0.05) is 29.3 Å². The second-order valence-electron chi connectivity index (χ2n) is 7.94. The lowest BCUT2D eigenvalue weighted by molar-refractivity contribution is -0.137. The van der Waals surface area contributed by atoms with Gasteiger partial charge in [-0.2, -0.15) is 8.78 Å². The summed E-state index contributed by atoms with van der Waals surface area (Å²) in [6.45, 7) is 5.37. The first-order valence-corrected chi connectivity index (χ1v) is 12.3. The fourth-order valence-corrected chi connectivity index (χ4v) is 5.36. The number of alkyl halides is 2. The number of amides is 1. The zero-order valence-electron chi connectivity index (χ0n) is 18.2. The van der Waals surface area contributed by atoms with Gasteiger partial charge in [0.05, 0.1) is 26.5 Å². The Balaban J connectivity index is 1.74. The van der Waals surface area contributed by atoms with Crippen molar-refractivity contribution in [2.24, 2.45) is 0 Å². The minimum atomic E-state index is -3.58. The molecule has 6 nitrogen and oxygen atoms in total. The Morgan fingerprint density at radius 1 is 1.15 bits per heavy atom. The van der Waals surface area contributed by atoms with Crippen LogP contribution in [-0.2, 0) is 15.6 Å². The van der Waals surface area contributed by atoms with Gasteiger partial charge in [0.25, 0.3) is 5.91 Å². The summed E-state index contributed by atoms with van der Waals surface area (Å²) in [6.07, 6.45) is 0. The number of aromatic nitrogens is 1. The number of anilines is 1. The number of halogens is 4. The van der Waals surface area contributed by atoms with E-state index in [2.05, 4.69) is 9.88 Å². The predicted octanol–water partition coefficient (Wildman–Crippen LogP) is 4.46. The third kappa shape index (κ3) is 5.70. The number of Topliss-reactive ketones (excluding diaryl/α,β-unsaturated/α-hetero) is 1. The Labute approximate surface area is 203 Å². The van der Waals surface area contributed by atoms with Crippen molar-refractivity contribution in [2.75, 3.05) is 23.7 Å². The smallest absolute Gasteiger partial charge is 0.303 e. The predicted molar refractivity (Wildman–Crippen MR) is 125 cm³/mol. The molecule has 1 aromatic carbocycles. The topological polar surface area (TPSA) is 70.6 Å². The quantitative estimate of drug-likeness (QED) is 0.529. The number of hydrogen-bond donors (Lipinski definition) is 0. The first kappa shape index (κ1) is 25.5. The molecule has 0 radical (unpaired) electrons. The highest BCUT2D eigenvalue weighted by Crippen LogP contribution is 2.28. The largest absolute Gasteiger partial charge is 0.350 e. The van der Waals surface area contributed by atoms with Crippen molar-refractivity contribution in [1.82, 2.24) is 9.88 Å². The SMILES string of the molecule is CC1C(C)N(c2cccc(Cl)n2)CCN1C(=O)c1ccc(S(=O)CC(=O)C(C)(F)F)c(Cl)c1. The second-order valence-corrected chi connectivity index (χ2v) is 10.2. The molecule has 0 N–H and O–H groups in total. The number of benzene rings is 1. The molecule has 1 amide bonds. The van der Waals surface area contributed by atoms with Gasteiger partial charge in [0.2, 0.25) is 5.78 Å². The zero-order chi connectivity index (χ0) is 24.5. The highest BCUT2D eigenvalue weighted by atomic mass is 35.5. The summed E-state index contributed by atoms with van der Waals surface area (Å²) in [5.74, 6) is -5.40. The molecular weight excluding hydrogens is 495 g/mol. The van der Waals surface area contributed by atoms with Gasteiger partial charge in [-0.15, -0.1) is 0 Å². The molecule has 3 rings (SSSR count). The van der Waals surface area contributed by atoms with Gasteiger partial charge in [0.1, 0.15) is 11.0 Å². The lowest BCUT2D eigenvalue weighted by Crippen LogP contribution is -2.59. The Kier molecular flexibility index (Phi) is 7.76. The molecule has 11 heteroatoms. The van der Waals surface area contributed by atoms with Crippen LogP contribution in [0, 0.1) is 0 Å². The fraction of sp³-hybridized carbons (Fsp3) is 0.409. The van der Waals surface area contributed by atoms with Crippen LogP contribution in [0.1, 0.15) is 31.1 Å². The van der Waals surface area contributed by atoms with E-state index in [0.29, 0.717) is 25.2 Å². The van der Waals surface area contributed by atoms with Crippen LogP contribution in [0.4, 0.5) is 14.6 Å². The number of pyridine rings is 1. The summed E-state index contributed by atoms with van der Waals surface area (Å²) < 4.78 is 38.6. The summed E-state index contributed by atoms with van der Waals surface area (Å²) >= 11 is 12.2. The molecule has 1 aromatic heterocycles. The average molecular weight is 518 g/mol. The van der Waals surface area contributed by atoms with Gasteiger partial charge >= 0.3 is 5.92 Å². The van der Waals surface area contributed by atoms with E-state index in [-0.39, 0.29) is 33.5 Å². The minimum Gasteiger partial charge on any atom is -0.350 e. The molecule has 1 aliphatic rings. The first-order valence-electron chi connectivity index (χ1n) is 10.2. The Morgan fingerprint density at radius 3 is 2.45 bits per heavy atom. The van der Waals surface area contributed by atoms with Crippen molar-refractivity contribution in [1.29, 1.82) is 0 Å². The molecule has 3 unspecified atom stereocenters. The molecule has 178 valence electrons. The van der Waals surface area contributed by atoms with Gasteiger partial charge in [0, 0.05) is 37.7 Å². The molecule has 0 aliphatic carbocycles. The molecular formula is C22H23Cl2F2N3O3S. The van der Waals surface area contributed by atoms with Gasteiger partial charge in [-0.25, -0.2) is 4.98 Å².